The lowest BCUT2D eigenvalue weighted by molar-refractivity contribution is -0.670. The van der Waals surface area contributed by atoms with E-state index in [1.807, 2.05) is 0 Å². The van der Waals surface area contributed by atoms with Gasteiger partial charge in [0.25, 0.3) is 0 Å². The van der Waals surface area contributed by atoms with Gasteiger partial charge in [0, 0.05) is 0 Å². The van der Waals surface area contributed by atoms with Crippen LogP contribution in [-0.4, -0.2) is 14.6 Å². The molecule has 0 aromatic carbocycles. The topological polar surface area (TPSA) is 97.9 Å². The Balaban J connectivity index is 2.29. The lowest BCUT2D eigenvalue weighted by Gasteiger charge is -2.26. The summed E-state index contributed by atoms with van der Waals surface area (Å²) in [5.74, 6) is -0.941. The summed E-state index contributed by atoms with van der Waals surface area (Å²) in [6, 6.07) is 0. The molecule has 2 atom stereocenters. The standard InChI is InChI=1S/C9H14N4O4P2/c1-10-3-5-12(7-10)18(14,15)9-19(16,17)13-6-4-11(2)8-13/h3-8H,9H2,1-2H3. The molecule has 8 nitrogen and oxygen atoms in total. The maximum absolute atomic E-state index is 12.0. The highest BCUT2D eigenvalue weighted by atomic mass is 31.2. The third kappa shape index (κ3) is 3.04. The first kappa shape index (κ1) is 14.2. The van der Waals surface area contributed by atoms with E-state index in [2.05, 4.69) is 0 Å². The van der Waals surface area contributed by atoms with Crippen molar-refractivity contribution in [2.24, 2.45) is 14.1 Å². The molecule has 0 saturated carbocycles. The second kappa shape index (κ2) is 4.72. The van der Waals surface area contributed by atoms with Crippen LogP contribution in [0.5, 0.6) is 0 Å². The molecular formula is C9H14N4O4P2. The second-order valence-electron chi connectivity index (χ2n) is 4.33. The zero-order valence-corrected chi connectivity index (χ0v) is 12.3. The Morgan fingerprint density at radius 1 is 0.947 bits per heavy atom. The summed E-state index contributed by atoms with van der Waals surface area (Å²) in [5, 5.41) is 0. The van der Waals surface area contributed by atoms with Gasteiger partial charge >= 0.3 is 0 Å². The van der Waals surface area contributed by atoms with Crippen molar-refractivity contribution in [3.05, 3.63) is 37.4 Å². The van der Waals surface area contributed by atoms with E-state index in [4.69, 9.17) is 0 Å². The quantitative estimate of drug-likeness (QED) is 0.502. The van der Waals surface area contributed by atoms with E-state index in [0.717, 1.165) is 8.68 Å². The van der Waals surface area contributed by atoms with Crippen molar-refractivity contribution >= 4 is 15.0 Å². The van der Waals surface area contributed by atoms with Gasteiger partial charge < -0.3 is 9.79 Å². The van der Waals surface area contributed by atoms with Crippen LogP contribution < -0.4 is 18.9 Å². The van der Waals surface area contributed by atoms with Crippen LogP contribution in [0.3, 0.4) is 0 Å². The predicted molar refractivity (Wildman–Crippen MR) is 62.1 cm³/mol. The van der Waals surface area contributed by atoms with Crippen molar-refractivity contribution in [2.45, 2.75) is 0 Å². The minimum Gasteiger partial charge on any atom is -0.765 e. The molecule has 10 heteroatoms. The Labute approximate surface area is 110 Å². The highest BCUT2D eigenvalue weighted by Gasteiger charge is 2.28. The zero-order valence-electron chi connectivity index (χ0n) is 10.5. The smallest absolute Gasteiger partial charge is 0.247 e. The molecule has 0 radical (unpaired) electrons. The number of rotatable bonds is 4. The van der Waals surface area contributed by atoms with Gasteiger partial charge in [-0.05, 0) is 0 Å². The molecule has 0 saturated heterocycles. The van der Waals surface area contributed by atoms with Gasteiger partial charge in [-0.2, -0.15) is 0 Å². The summed E-state index contributed by atoms with van der Waals surface area (Å²) >= 11 is 0. The summed E-state index contributed by atoms with van der Waals surface area (Å²) in [4.78, 5) is 24.1. The number of hydrogen-bond donors (Lipinski definition) is 0. The first-order valence-corrected chi connectivity index (χ1v) is 8.91. The lowest BCUT2D eigenvalue weighted by atomic mass is 10.9. The van der Waals surface area contributed by atoms with E-state index in [1.165, 1.54) is 46.6 Å². The second-order valence-corrected chi connectivity index (χ2v) is 8.94. The summed E-state index contributed by atoms with van der Waals surface area (Å²) in [5.41, 5.74) is 0. The van der Waals surface area contributed by atoms with E-state index in [0.29, 0.717) is 0 Å². The van der Waals surface area contributed by atoms with E-state index in [1.54, 1.807) is 14.1 Å². The lowest BCUT2D eigenvalue weighted by Crippen LogP contribution is -2.26. The van der Waals surface area contributed by atoms with Gasteiger partial charge in [-0.3, -0.25) is 9.13 Å². The average Bonchev–Trinajstić information content (AvgIpc) is 2.86. The Morgan fingerprint density at radius 3 is 1.58 bits per heavy atom. The molecular weight excluding hydrogens is 290 g/mol. The minimum atomic E-state index is -4.26. The molecule has 0 bridgehead atoms. The molecule has 2 unspecified atom stereocenters. The molecule has 104 valence electrons. The third-order valence-electron chi connectivity index (χ3n) is 2.57. The molecule has 2 aromatic rings. The van der Waals surface area contributed by atoms with Crippen molar-refractivity contribution < 1.29 is 28.1 Å². The van der Waals surface area contributed by atoms with Gasteiger partial charge in [0.05, 0.1) is 14.1 Å². The van der Waals surface area contributed by atoms with Crippen LogP contribution in [0, 0.1) is 0 Å². The Kier molecular flexibility index (Phi) is 3.53. The van der Waals surface area contributed by atoms with Gasteiger partial charge in [-0.15, -0.1) is 0 Å². The van der Waals surface area contributed by atoms with Crippen LogP contribution in [0.15, 0.2) is 37.4 Å². The molecule has 0 spiro atoms. The fourth-order valence-electron chi connectivity index (χ4n) is 1.61. The summed E-state index contributed by atoms with van der Waals surface area (Å²) in [7, 11) is -5.22. The van der Waals surface area contributed by atoms with E-state index < -0.39 is 20.9 Å². The largest absolute Gasteiger partial charge is 0.765 e. The van der Waals surface area contributed by atoms with Gasteiger partial charge in [-0.1, -0.05) is 0 Å². The van der Waals surface area contributed by atoms with Gasteiger partial charge in [-0.25, -0.2) is 17.8 Å². The molecule has 0 aliphatic carbocycles. The number of aromatic nitrogens is 4. The highest BCUT2D eigenvalue weighted by Crippen LogP contribution is 2.52. The number of imidazole rings is 2. The fourth-order valence-corrected chi connectivity index (χ4v) is 5.75. The summed E-state index contributed by atoms with van der Waals surface area (Å²) < 4.78 is 28.9. The van der Waals surface area contributed by atoms with Gasteiger partial charge in [0.2, 0.25) is 12.7 Å². The zero-order chi connectivity index (χ0) is 14.3. The molecule has 0 amide bonds. The number of hydrogen-bond acceptors (Lipinski definition) is 4. The van der Waals surface area contributed by atoms with Crippen molar-refractivity contribution in [1.82, 2.24) is 8.68 Å². The fraction of sp³-hybridized carbons (Fsp3) is 0.333. The van der Waals surface area contributed by atoms with Crippen molar-refractivity contribution in [2.75, 3.05) is 5.90 Å². The van der Waals surface area contributed by atoms with Crippen LogP contribution in [0.2, 0.25) is 0 Å². The van der Waals surface area contributed by atoms with Crippen LogP contribution >= 0.6 is 15.0 Å². The first-order valence-electron chi connectivity index (χ1n) is 5.39. The molecule has 0 fully saturated rings. The summed E-state index contributed by atoms with van der Waals surface area (Å²) in [6.45, 7) is 0. The Morgan fingerprint density at radius 2 is 1.32 bits per heavy atom. The number of aryl methyl sites for hydroxylation is 2. The predicted octanol–water partition coefficient (Wildman–Crippen LogP) is -1.60. The molecule has 2 aromatic heterocycles. The SMILES string of the molecule is C[n+]1ccn(P(=O)([O-])CP(=O)([O-])n2cc[n+](C)c2)c1. The maximum Gasteiger partial charge on any atom is 0.247 e. The van der Waals surface area contributed by atoms with Crippen molar-refractivity contribution in [1.29, 1.82) is 0 Å². The molecule has 0 aliphatic heterocycles. The van der Waals surface area contributed by atoms with Crippen LogP contribution in [-0.2, 0) is 23.2 Å². The molecule has 2 heterocycles. The Hall–Kier alpha value is -1.20. The van der Waals surface area contributed by atoms with Gasteiger partial charge in [0.15, 0.2) is 15.0 Å². The van der Waals surface area contributed by atoms with Crippen LogP contribution in [0.1, 0.15) is 0 Å². The monoisotopic (exact) mass is 304 g/mol. The molecule has 0 aliphatic rings. The highest BCUT2D eigenvalue weighted by molar-refractivity contribution is 7.72. The number of nitrogens with zero attached hydrogens (tertiary/aromatic N) is 4. The van der Waals surface area contributed by atoms with E-state index in [9.17, 15) is 18.9 Å². The van der Waals surface area contributed by atoms with Gasteiger partial charge in [0.1, 0.15) is 30.7 Å². The normalized spacial score (nSPS) is 17.9. The maximum atomic E-state index is 12.0. The van der Waals surface area contributed by atoms with Crippen LogP contribution in [0.4, 0.5) is 0 Å². The molecule has 19 heavy (non-hydrogen) atoms. The van der Waals surface area contributed by atoms with E-state index in [-0.39, 0.29) is 0 Å². The van der Waals surface area contributed by atoms with Crippen molar-refractivity contribution in [3.63, 3.8) is 0 Å². The van der Waals surface area contributed by atoms with Crippen LogP contribution in [0.25, 0.3) is 0 Å². The van der Waals surface area contributed by atoms with E-state index >= 15 is 0 Å². The Bertz CT molecular complexity index is 634. The first-order chi connectivity index (χ1) is 8.71. The average molecular weight is 304 g/mol. The van der Waals surface area contributed by atoms with Crippen molar-refractivity contribution in [3.8, 4) is 0 Å². The summed E-state index contributed by atoms with van der Waals surface area (Å²) in [6.07, 6.45) is 8.28. The molecule has 0 N–H and O–H groups in total. The molecule has 2 rings (SSSR count). The minimum absolute atomic E-state index is 0.918. The third-order valence-corrected chi connectivity index (χ3v) is 7.31.